The van der Waals surface area contributed by atoms with E-state index in [1.54, 1.807) is 0 Å². The molecule has 0 amide bonds. The lowest BCUT2D eigenvalue weighted by Gasteiger charge is -2.29. The van der Waals surface area contributed by atoms with E-state index < -0.39 is 11.6 Å². The summed E-state index contributed by atoms with van der Waals surface area (Å²) in [5, 5.41) is 3.36. The van der Waals surface area contributed by atoms with Crippen molar-refractivity contribution in [2.75, 3.05) is 13.7 Å². The van der Waals surface area contributed by atoms with Gasteiger partial charge in [0, 0.05) is 23.7 Å². The molecule has 118 valence electrons. The van der Waals surface area contributed by atoms with Crippen LogP contribution in [0.25, 0.3) is 0 Å². The maximum atomic E-state index is 14.4. The smallest absolute Gasteiger partial charge is 0.134 e. The molecule has 0 heterocycles. The maximum Gasteiger partial charge on any atom is 0.134 e. The van der Waals surface area contributed by atoms with Gasteiger partial charge in [0.25, 0.3) is 0 Å². The summed E-state index contributed by atoms with van der Waals surface area (Å²) in [5.74, 6) is -0.0317. The van der Waals surface area contributed by atoms with Crippen LogP contribution in [0.2, 0.25) is 0 Å². The van der Waals surface area contributed by atoms with Crippen molar-refractivity contribution < 1.29 is 13.5 Å². The molecule has 3 unspecified atom stereocenters. The Hall–Kier alpha value is -1.16. The highest BCUT2D eigenvalue weighted by molar-refractivity contribution is 5.33. The minimum Gasteiger partial charge on any atom is -0.497 e. The van der Waals surface area contributed by atoms with E-state index >= 15 is 0 Å². The lowest BCUT2D eigenvalue weighted by molar-refractivity contribution is 0.287. The van der Waals surface area contributed by atoms with Crippen LogP contribution >= 0.6 is 0 Å². The standard InChI is InChI=1S/C17H25F2NO/c1-4-8-20-17(13-7-5-6-11(13)2)16-14(18)9-12(21-3)10-15(16)19/h9-11,13,17,20H,4-8H2,1-3H3. The van der Waals surface area contributed by atoms with Crippen LogP contribution in [0.3, 0.4) is 0 Å². The van der Waals surface area contributed by atoms with Gasteiger partial charge in [-0.05, 0) is 31.2 Å². The minimum atomic E-state index is -0.514. The number of nitrogens with one attached hydrogen (secondary N) is 1. The average Bonchev–Trinajstić information content (AvgIpc) is 2.87. The van der Waals surface area contributed by atoms with Crippen molar-refractivity contribution in [1.82, 2.24) is 5.32 Å². The zero-order valence-electron chi connectivity index (χ0n) is 13.1. The van der Waals surface area contributed by atoms with Gasteiger partial charge in [-0.2, -0.15) is 0 Å². The van der Waals surface area contributed by atoms with E-state index in [9.17, 15) is 8.78 Å². The highest BCUT2D eigenvalue weighted by Crippen LogP contribution is 2.42. The Morgan fingerprint density at radius 3 is 2.43 bits per heavy atom. The minimum absolute atomic E-state index is 0.169. The van der Waals surface area contributed by atoms with Crippen molar-refractivity contribution >= 4 is 0 Å². The van der Waals surface area contributed by atoms with E-state index in [0.717, 1.165) is 32.2 Å². The fourth-order valence-corrected chi connectivity index (χ4v) is 3.41. The molecule has 2 rings (SSSR count). The second-order valence-electron chi connectivity index (χ2n) is 6.01. The summed E-state index contributed by atoms with van der Waals surface area (Å²) < 4.78 is 33.7. The normalized spacial score (nSPS) is 23.3. The average molecular weight is 297 g/mol. The van der Waals surface area contributed by atoms with Gasteiger partial charge in [-0.15, -0.1) is 0 Å². The summed E-state index contributed by atoms with van der Waals surface area (Å²) in [7, 11) is 1.42. The molecule has 0 saturated heterocycles. The Morgan fingerprint density at radius 1 is 1.29 bits per heavy atom. The molecule has 0 bridgehead atoms. The van der Waals surface area contributed by atoms with Gasteiger partial charge in [-0.25, -0.2) is 8.78 Å². The molecule has 1 aromatic carbocycles. The molecule has 1 aliphatic carbocycles. The van der Waals surface area contributed by atoms with Gasteiger partial charge >= 0.3 is 0 Å². The molecule has 1 aromatic rings. The molecule has 0 radical (unpaired) electrons. The Balaban J connectivity index is 2.36. The quantitative estimate of drug-likeness (QED) is 0.837. The highest BCUT2D eigenvalue weighted by atomic mass is 19.1. The van der Waals surface area contributed by atoms with Crippen molar-refractivity contribution in [2.45, 2.75) is 45.6 Å². The van der Waals surface area contributed by atoms with Crippen LogP contribution in [0.4, 0.5) is 8.78 Å². The second-order valence-corrected chi connectivity index (χ2v) is 6.01. The van der Waals surface area contributed by atoms with E-state index in [2.05, 4.69) is 19.2 Å². The SMILES string of the molecule is CCCNC(c1c(F)cc(OC)cc1F)C1CCCC1C. The lowest BCUT2D eigenvalue weighted by Crippen LogP contribution is -2.32. The molecule has 0 aromatic heterocycles. The molecule has 0 spiro atoms. The third-order valence-corrected chi connectivity index (χ3v) is 4.57. The van der Waals surface area contributed by atoms with Crippen molar-refractivity contribution in [2.24, 2.45) is 11.8 Å². The van der Waals surface area contributed by atoms with Gasteiger partial charge in [-0.3, -0.25) is 0 Å². The van der Waals surface area contributed by atoms with Crippen LogP contribution in [-0.4, -0.2) is 13.7 Å². The number of methoxy groups -OCH3 is 1. The van der Waals surface area contributed by atoms with Crippen LogP contribution < -0.4 is 10.1 Å². The second kappa shape index (κ2) is 7.21. The van der Waals surface area contributed by atoms with Gasteiger partial charge in [0.2, 0.25) is 0 Å². The first-order valence-electron chi connectivity index (χ1n) is 7.84. The predicted molar refractivity (Wildman–Crippen MR) is 80.4 cm³/mol. The largest absolute Gasteiger partial charge is 0.497 e. The van der Waals surface area contributed by atoms with E-state index in [4.69, 9.17) is 4.74 Å². The molecule has 1 aliphatic rings. The Bertz CT molecular complexity index is 455. The monoisotopic (exact) mass is 297 g/mol. The molecular formula is C17H25F2NO. The van der Waals surface area contributed by atoms with Gasteiger partial charge < -0.3 is 10.1 Å². The first-order valence-corrected chi connectivity index (χ1v) is 7.84. The summed E-state index contributed by atoms with van der Waals surface area (Å²) in [6.07, 6.45) is 4.23. The summed E-state index contributed by atoms with van der Waals surface area (Å²) in [4.78, 5) is 0. The van der Waals surface area contributed by atoms with Crippen molar-refractivity contribution in [1.29, 1.82) is 0 Å². The van der Waals surface area contributed by atoms with E-state index in [0.29, 0.717) is 5.92 Å². The van der Waals surface area contributed by atoms with Crippen LogP contribution in [0.1, 0.15) is 51.1 Å². The highest BCUT2D eigenvalue weighted by Gasteiger charge is 2.34. The maximum absolute atomic E-state index is 14.4. The molecule has 21 heavy (non-hydrogen) atoms. The summed E-state index contributed by atoms with van der Waals surface area (Å²) in [6, 6.07) is 2.30. The summed E-state index contributed by atoms with van der Waals surface area (Å²) in [6.45, 7) is 5.00. The number of benzene rings is 1. The van der Waals surface area contributed by atoms with Crippen LogP contribution in [0, 0.1) is 23.5 Å². The van der Waals surface area contributed by atoms with E-state index in [-0.39, 0.29) is 23.3 Å². The van der Waals surface area contributed by atoms with E-state index in [1.807, 2.05) is 0 Å². The molecule has 1 fully saturated rings. The molecule has 0 aliphatic heterocycles. The Labute approximate surface area is 125 Å². The van der Waals surface area contributed by atoms with Crippen molar-refractivity contribution in [3.05, 3.63) is 29.3 Å². The Morgan fingerprint density at radius 2 is 1.95 bits per heavy atom. The van der Waals surface area contributed by atoms with Crippen molar-refractivity contribution in [3.8, 4) is 5.75 Å². The summed E-state index contributed by atoms with van der Waals surface area (Å²) in [5.41, 5.74) is 0.169. The van der Waals surface area contributed by atoms with Gasteiger partial charge in [0.15, 0.2) is 0 Å². The number of hydrogen-bond donors (Lipinski definition) is 1. The van der Waals surface area contributed by atoms with E-state index in [1.165, 1.54) is 19.2 Å². The lowest BCUT2D eigenvalue weighted by atomic mass is 9.85. The fraction of sp³-hybridized carbons (Fsp3) is 0.647. The molecule has 2 nitrogen and oxygen atoms in total. The third-order valence-electron chi connectivity index (χ3n) is 4.57. The first kappa shape index (κ1) is 16.2. The molecule has 1 saturated carbocycles. The third kappa shape index (κ3) is 3.54. The van der Waals surface area contributed by atoms with Crippen LogP contribution in [0.5, 0.6) is 5.75 Å². The summed E-state index contributed by atoms with van der Waals surface area (Å²) >= 11 is 0. The van der Waals surface area contributed by atoms with Gasteiger partial charge in [0.05, 0.1) is 7.11 Å². The molecular weight excluding hydrogens is 272 g/mol. The van der Waals surface area contributed by atoms with Gasteiger partial charge in [-0.1, -0.05) is 26.7 Å². The fourth-order valence-electron chi connectivity index (χ4n) is 3.41. The topological polar surface area (TPSA) is 21.3 Å². The molecule has 4 heteroatoms. The zero-order chi connectivity index (χ0) is 15.4. The van der Waals surface area contributed by atoms with Crippen LogP contribution in [-0.2, 0) is 0 Å². The number of hydrogen-bond acceptors (Lipinski definition) is 2. The number of halogens is 2. The Kier molecular flexibility index (Phi) is 5.57. The zero-order valence-corrected chi connectivity index (χ0v) is 13.1. The molecule has 3 atom stereocenters. The number of ether oxygens (including phenoxy) is 1. The molecule has 1 N–H and O–H groups in total. The first-order chi connectivity index (χ1) is 10.1. The predicted octanol–water partition coefficient (Wildman–Crippen LogP) is 4.45. The number of rotatable bonds is 6. The van der Waals surface area contributed by atoms with Crippen molar-refractivity contribution in [3.63, 3.8) is 0 Å². The van der Waals surface area contributed by atoms with Crippen LogP contribution in [0.15, 0.2) is 12.1 Å². The van der Waals surface area contributed by atoms with Gasteiger partial charge in [0.1, 0.15) is 17.4 Å².